The predicted octanol–water partition coefficient (Wildman–Crippen LogP) is -0.105. The van der Waals surface area contributed by atoms with Gasteiger partial charge in [0.05, 0.1) is 33.0 Å². The first-order valence-corrected chi connectivity index (χ1v) is 5.39. The molecule has 0 saturated carbocycles. The van der Waals surface area contributed by atoms with Crippen LogP contribution in [-0.4, -0.2) is 49.5 Å². The fourth-order valence-corrected chi connectivity index (χ4v) is 1.55. The van der Waals surface area contributed by atoms with Crippen molar-refractivity contribution >= 4 is 11.5 Å². The number of rotatable bonds is 4. The molecule has 2 rings (SSSR count). The maximum absolute atomic E-state index is 5.82. The topological polar surface area (TPSA) is 91.5 Å². The average Bonchev–Trinajstić information content (AvgIpc) is 2.39. The Bertz CT molecular complexity index is 369. The van der Waals surface area contributed by atoms with Gasteiger partial charge in [0.25, 0.3) is 0 Å². The van der Waals surface area contributed by atoms with E-state index >= 15 is 0 Å². The molecule has 1 unspecified atom stereocenters. The first-order chi connectivity index (χ1) is 8.31. The van der Waals surface area contributed by atoms with Crippen molar-refractivity contribution in [2.24, 2.45) is 0 Å². The summed E-state index contributed by atoms with van der Waals surface area (Å²) >= 11 is 0. The van der Waals surface area contributed by atoms with Gasteiger partial charge in [-0.1, -0.05) is 0 Å². The molecule has 0 spiro atoms. The second-order valence-electron chi connectivity index (χ2n) is 3.59. The van der Waals surface area contributed by atoms with Crippen LogP contribution in [0.2, 0.25) is 0 Å². The van der Waals surface area contributed by atoms with Gasteiger partial charge in [-0.3, -0.25) is 0 Å². The molecule has 94 valence electrons. The van der Waals surface area contributed by atoms with E-state index in [4.69, 9.17) is 19.9 Å². The molecule has 1 aromatic rings. The highest BCUT2D eigenvalue weighted by Crippen LogP contribution is 2.23. The van der Waals surface area contributed by atoms with E-state index in [1.54, 1.807) is 0 Å². The van der Waals surface area contributed by atoms with Gasteiger partial charge in [0.2, 0.25) is 5.88 Å². The largest absolute Gasteiger partial charge is 0.479 e. The fourth-order valence-electron chi connectivity index (χ4n) is 1.55. The minimum atomic E-state index is 0.0177. The van der Waals surface area contributed by atoms with Crippen LogP contribution in [0.4, 0.5) is 11.5 Å². The first-order valence-electron chi connectivity index (χ1n) is 5.39. The molecule has 1 aliphatic rings. The van der Waals surface area contributed by atoms with Crippen molar-refractivity contribution < 1.29 is 14.2 Å². The summed E-state index contributed by atoms with van der Waals surface area (Å²) in [6.07, 6.45) is 1.42. The Kier molecular flexibility index (Phi) is 3.94. The van der Waals surface area contributed by atoms with Gasteiger partial charge in [-0.25, -0.2) is 4.98 Å². The Balaban J connectivity index is 1.93. The van der Waals surface area contributed by atoms with Crippen LogP contribution in [0.1, 0.15) is 0 Å². The van der Waals surface area contributed by atoms with Gasteiger partial charge in [0.15, 0.2) is 5.82 Å². The van der Waals surface area contributed by atoms with Gasteiger partial charge in [0.1, 0.15) is 12.0 Å². The molecule has 1 aromatic heterocycles. The molecule has 17 heavy (non-hydrogen) atoms. The molecule has 7 nitrogen and oxygen atoms in total. The van der Waals surface area contributed by atoms with Gasteiger partial charge >= 0.3 is 0 Å². The van der Waals surface area contributed by atoms with E-state index < -0.39 is 0 Å². The number of methoxy groups -OCH3 is 1. The molecule has 1 atom stereocenters. The summed E-state index contributed by atoms with van der Waals surface area (Å²) in [6, 6.07) is 0. The van der Waals surface area contributed by atoms with Gasteiger partial charge in [-0.05, 0) is 0 Å². The summed E-state index contributed by atoms with van der Waals surface area (Å²) in [4.78, 5) is 7.95. The van der Waals surface area contributed by atoms with Crippen molar-refractivity contribution in [1.29, 1.82) is 0 Å². The van der Waals surface area contributed by atoms with Crippen LogP contribution >= 0.6 is 0 Å². The van der Waals surface area contributed by atoms with E-state index in [-0.39, 0.29) is 6.10 Å². The molecule has 0 aromatic carbocycles. The Morgan fingerprint density at radius 2 is 2.41 bits per heavy atom. The van der Waals surface area contributed by atoms with E-state index in [1.165, 1.54) is 13.4 Å². The molecule has 7 heteroatoms. The molecule has 3 N–H and O–H groups in total. The number of nitrogens with two attached hydrogens (primary N) is 1. The zero-order valence-electron chi connectivity index (χ0n) is 9.68. The summed E-state index contributed by atoms with van der Waals surface area (Å²) in [5.41, 5.74) is 6.22. The third-order valence-corrected chi connectivity index (χ3v) is 2.42. The average molecular weight is 240 g/mol. The van der Waals surface area contributed by atoms with Crippen LogP contribution in [0.25, 0.3) is 0 Å². The highest BCUT2D eigenvalue weighted by Gasteiger charge is 2.15. The van der Waals surface area contributed by atoms with Crippen molar-refractivity contribution in [1.82, 2.24) is 9.97 Å². The maximum Gasteiger partial charge on any atom is 0.242 e. The highest BCUT2D eigenvalue weighted by molar-refractivity contribution is 5.66. The van der Waals surface area contributed by atoms with Crippen molar-refractivity contribution in [3.63, 3.8) is 0 Å². The van der Waals surface area contributed by atoms with Crippen LogP contribution in [0, 0.1) is 0 Å². The van der Waals surface area contributed by atoms with Crippen LogP contribution in [0.3, 0.4) is 0 Å². The van der Waals surface area contributed by atoms with Gasteiger partial charge in [0, 0.05) is 6.54 Å². The van der Waals surface area contributed by atoms with Crippen molar-refractivity contribution in [3.05, 3.63) is 6.33 Å². The number of nitrogen functional groups attached to an aromatic ring is 1. The Morgan fingerprint density at radius 3 is 3.12 bits per heavy atom. The minimum Gasteiger partial charge on any atom is -0.479 e. The Labute approximate surface area is 99.3 Å². The van der Waals surface area contributed by atoms with Gasteiger partial charge in [-0.2, -0.15) is 4.98 Å². The molecule has 0 amide bonds. The van der Waals surface area contributed by atoms with E-state index in [9.17, 15) is 0 Å². The number of hydrogen-bond acceptors (Lipinski definition) is 7. The maximum atomic E-state index is 5.82. The first kappa shape index (κ1) is 11.9. The van der Waals surface area contributed by atoms with Crippen molar-refractivity contribution in [2.75, 3.05) is 44.5 Å². The number of anilines is 2. The second-order valence-corrected chi connectivity index (χ2v) is 3.59. The Morgan fingerprint density at radius 1 is 1.53 bits per heavy atom. The van der Waals surface area contributed by atoms with Crippen molar-refractivity contribution in [3.8, 4) is 5.88 Å². The smallest absolute Gasteiger partial charge is 0.242 e. The van der Waals surface area contributed by atoms with Crippen LogP contribution in [0.5, 0.6) is 5.88 Å². The number of ether oxygens (including phenoxy) is 3. The molecule has 1 saturated heterocycles. The van der Waals surface area contributed by atoms with Crippen LogP contribution in [0.15, 0.2) is 6.33 Å². The lowest BCUT2D eigenvalue weighted by molar-refractivity contribution is -0.0819. The summed E-state index contributed by atoms with van der Waals surface area (Å²) in [7, 11) is 1.51. The normalized spacial score (nSPS) is 19.9. The van der Waals surface area contributed by atoms with Crippen molar-refractivity contribution in [2.45, 2.75) is 6.10 Å². The van der Waals surface area contributed by atoms with Gasteiger partial charge in [-0.15, -0.1) is 0 Å². The highest BCUT2D eigenvalue weighted by atomic mass is 16.6. The third-order valence-electron chi connectivity index (χ3n) is 2.42. The summed E-state index contributed by atoms with van der Waals surface area (Å²) in [6.45, 7) is 2.44. The zero-order valence-corrected chi connectivity index (χ0v) is 9.68. The fraction of sp³-hybridized carbons (Fsp3) is 0.600. The third kappa shape index (κ3) is 2.95. The zero-order chi connectivity index (χ0) is 12.1. The summed E-state index contributed by atoms with van der Waals surface area (Å²) in [5, 5.41) is 3.10. The molecular weight excluding hydrogens is 224 g/mol. The van der Waals surface area contributed by atoms with Gasteiger partial charge < -0.3 is 25.3 Å². The molecule has 0 radical (unpaired) electrons. The minimum absolute atomic E-state index is 0.0177. The SMILES string of the molecule is COc1ncnc(NCC2COCCO2)c1N. The number of aromatic nitrogens is 2. The lowest BCUT2D eigenvalue weighted by Gasteiger charge is -2.23. The van der Waals surface area contributed by atoms with E-state index in [2.05, 4.69) is 15.3 Å². The predicted molar refractivity (Wildman–Crippen MR) is 62.0 cm³/mol. The molecule has 1 aliphatic heterocycles. The summed E-state index contributed by atoms with van der Waals surface area (Å²) in [5.74, 6) is 0.911. The molecule has 2 heterocycles. The van der Waals surface area contributed by atoms with E-state index in [0.717, 1.165) is 0 Å². The quantitative estimate of drug-likeness (QED) is 0.759. The monoisotopic (exact) mass is 240 g/mol. The Hall–Kier alpha value is -1.60. The molecule has 1 fully saturated rings. The molecule has 0 bridgehead atoms. The number of nitrogens with zero attached hydrogens (tertiary/aromatic N) is 2. The van der Waals surface area contributed by atoms with Crippen LogP contribution in [-0.2, 0) is 9.47 Å². The number of nitrogens with one attached hydrogen (secondary N) is 1. The lowest BCUT2D eigenvalue weighted by atomic mass is 10.3. The molecule has 0 aliphatic carbocycles. The summed E-state index contributed by atoms with van der Waals surface area (Å²) < 4.78 is 15.8. The van der Waals surface area contributed by atoms with E-state index in [1.807, 2.05) is 0 Å². The van der Waals surface area contributed by atoms with Crippen LogP contribution < -0.4 is 15.8 Å². The second kappa shape index (κ2) is 5.65. The van der Waals surface area contributed by atoms with E-state index in [0.29, 0.717) is 43.8 Å². The molecular formula is C10H16N4O3. The lowest BCUT2D eigenvalue weighted by Crippen LogP contribution is -2.34. The standard InChI is InChI=1S/C10H16N4O3/c1-15-10-8(11)9(13-6-14-10)12-4-7-5-16-2-3-17-7/h6-7H,2-5,11H2,1H3,(H,12,13,14). The number of hydrogen-bond donors (Lipinski definition) is 2.